The van der Waals surface area contributed by atoms with Crippen molar-refractivity contribution in [2.45, 2.75) is 0 Å². The molecule has 0 aromatic heterocycles. The van der Waals surface area contributed by atoms with E-state index in [1.807, 2.05) is 12.2 Å². The van der Waals surface area contributed by atoms with Crippen molar-refractivity contribution in [1.29, 1.82) is 0 Å². The van der Waals surface area contributed by atoms with Gasteiger partial charge in [0.25, 0.3) is 0 Å². The first-order valence-electron chi connectivity index (χ1n) is 3.01. The number of hydrogen-bond acceptors (Lipinski definition) is 2. The van der Waals surface area contributed by atoms with E-state index >= 15 is 0 Å². The number of hydrogen-bond donors (Lipinski definition) is 1. The van der Waals surface area contributed by atoms with Crippen molar-refractivity contribution < 1.29 is 9.32 Å². The molecule has 2 nitrogen and oxygen atoms in total. The SMILES string of the molecule is O=S=C1C=CC(CO)C=C1. The topological polar surface area (TPSA) is 37.3 Å². The minimum absolute atomic E-state index is 0.0934. The third-order valence-corrected chi connectivity index (χ3v) is 1.79. The monoisotopic (exact) mass is 156 g/mol. The molecule has 0 aromatic carbocycles. The van der Waals surface area contributed by atoms with Gasteiger partial charge >= 0.3 is 0 Å². The molecule has 1 rings (SSSR count). The zero-order valence-electron chi connectivity index (χ0n) is 5.36. The van der Waals surface area contributed by atoms with Crippen molar-refractivity contribution in [1.82, 2.24) is 0 Å². The Kier molecular flexibility index (Phi) is 2.59. The van der Waals surface area contributed by atoms with E-state index in [2.05, 4.69) is 0 Å². The summed E-state index contributed by atoms with van der Waals surface area (Å²) in [5.41, 5.74) is 0. The first-order chi connectivity index (χ1) is 4.86. The molecule has 0 atom stereocenters. The number of allylic oxidation sites excluding steroid dienone is 2. The highest BCUT2D eigenvalue weighted by Crippen LogP contribution is 2.05. The first kappa shape index (κ1) is 7.44. The summed E-state index contributed by atoms with van der Waals surface area (Å²) in [6, 6.07) is 0. The van der Waals surface area contributed by atoms with Crippen LogP contribution in [-0.2, 0) is 11.3 Å². The van der Waals surface area contributed by atoms with Gasteiger partial charge < -0.3 is 5.11 Å². The lowest BCUT2D eigenvalue weighted by molar-refractivity contribution is 0.274. The molecule has 0 saturated carbocycles. The van der Waals surface area contributed by atoms with Crippen molar-refractivity contribution in [2.24, 2.45) is 5.92 Å². The van der Waals surface area contributed by atoms with Gasteiger partial charge in [-0.2, -0.15) is 0 Å². The summed E-state index contributed by atoms with van der Waals surface area (Å²) < 4.78 is 10.2. The van der Waals surface area contributed by atoms with Gasteiger partial charge in [-0.25, -0.2) is 4.21 Å². The molecule has 10 heavy (non-hydrogen) atoms. The Bertz CT molecular complexity index is 208. The maximum Gasteiger partial charge on any atom is 0.0965 e. The zero-order valence-corrected chi connectivity index (χ0v) is 6.17. The minimum atomic E-state index is 0.0934. The summed E-state index contributed by atoms with van der Waals surface area (Å²) in [7, 11) is 0. The van der Waals surface area contributed by atoms with Gasteiger partial charge in [0, 0.05) is 5.92 Å². The maximum absolute atomic E-state index is 10.2. The van der Waals surface area contributed by atoms with E-state index in [0.717, 1.165) is 0 Å². The lowest BCUT2D eigenvalue weighted by Crippen LogP contribution is -2.04. The van der Waals surface area contributed by atoms with E-state index < -0.39 is 0 Å². The number of aliphatic hydroxyl groups excluding tert-OH is 1. The molecule has 1 aliphatic carbocycles. The molecule has 54 valence electrons. The summed E-state index contributed by atoms with van der Waals surface area (Å²) in [5, 5.41) is 8.65. The van der Waals surface area contributed by atoms with Gasteiger partial charge in [0.05, 0.1) is 22.7 Å². The standard InChI is InChI=1S/C7H8O2S/c8-5-6-1-3-7(10-9)4-2-6/h1-4,6,8H,5H2. The van der Waals surface area contributed by atoms with Crippen LogP contribution in [0.2, 0.25) is 0 Å². The van der Waals surface area contributed by atoms with Crippen molar-refractivity contribution in [3.63, 3.8) is 0 Å². The number of aliphatic hydroxyl groups is 1. The van der Waals surface area contributed by atoms with Gasteiger partial charge in [-0.05, 0) is 12.2 Å². The van der Waals surface area contributed by atoms with Crippen molar-refractivity contribution in [3.8, 4) is 0 Å². The fourth-order valence-electron chi connectivity index (χ4n) is 0.734. The summed E-state index contributed by atoms with van der Waals surface area (Å²) in [6.07, 6.45) is 7.11. The lowest BCUT2D eigenvalue weighted by Gasteiger charge is -2.05. The van der Waals surface area contributed by atoms with Gasteiger partial charge in [-0.1, -0.05) is 12.2 Å². The van der Waals surface area contributed by atoms with Gasteiger partial charge in [-0.3, -0.25) is 0 Å². The van der Waals surface area contributed by atoms with E-state index in [-0.39, 0.29) is 12.5 Å². The Morgan fingerprint density at radius 1 is 1.50 bits per heavy atom. The molecular weight excluding hydrogens is 148 g/mol. The molecular formula is C7H8O2S. The Morgan fingerprint density at radius 2 is 2.10 bits per heavy atom. The van der Waals surface area contributed by atoms with Gasteiger partial charge in [0.2, 0.25) is 0 Å². The van der Waals surface area contributed by atoms with Crippen molar-refractivity contribution in [3.05, 3.63) is 24.3 Å². The molecule has 0 bridgehead atoms. The highest BCUT2D eigenvalue weighted by atomic mass is 32.1. The largest absolute Gasteiger partial charge is 0.395 e. The highest BCUT2D eigenvalue weighted by Gasteiger charge is 2.02. The first-order valence-corrected chi connectivity index (χ1v) is 3.75. The highest BCUT2D eigenvalue weighted by molar-refractivity contribution is 7.67. The van der Waals surface area contributed by atoms with Crippen LogP contribution in [-0.4, -0.2) is 20.8 Å². The summed E-state index contributed by atoms with van der Waals surface area (Å²) in [5.74, 6) is 0.0934. The summed E-state index contributed by atoms with van der Waals surface area (Å²) in [4.78, 5) is 0.699. The van der Waals surface area contributed by atoms with Crippen molar-refractivity contribution in [2.75, 3.05) is 6.61 Å². The van der Waals surface area contributed by atoms with E-state index in [0.29, 0.717) is 16.1 Å². The molecule has 0 spiro atoms. The summed E-state index contributed by atoms with van der Waals surface area (Å²) in [6.45, 7) is 0.115. The van der Waals surface area contributed by atoms with Crippen LogP contribution in [0.25, 0.3) is 0 Å². The number of rotatable bonds is 1. The van der Waals surface area contributed by atoms with Crippen LogP contribution in [0.5, 0.6) is 0 Å². The Balaban J connectivity index is 2.70. The second-order valence-corrected chi connectivity index (χ2v) is 2.69. The van der Waals surface area contributed by atoms with Gasteiger partial charge in [0.15, 0.2) is 0 Å². The molecule has 0 amide bonds. The minimum Gasteiger partial charge on any atom is -0.395 e. The van der Waals surface area contributed by atoms with Crippen LogP contribution < -0.4 is 0 Å². The van der Waals surface area contributed by atoms with E-state index in [9.17, 15) is 4.21 Å². The predicted molar refractivity (Wildman–Crippen MR) is 42.0 cm³/mol. The van der Waals surface area contributed by atoms with Crippen LogP contribution in [0.1, 0.15) is 0 Å². The van der Waals surface area contributed by atoms with E-state index in [4.69, 9.17) is 5.11 Å². The smallest absolute Gasteiger partial charge is 0.0965 e. The lowest BCUT2D eigenvalue weighted by atomic mass is 10.1. The van der Waals surface area contributed by atoms with Crippen LogP contribution in [0.15, 0.2) is 24.3 Å². The Labute approximate surface area is 62.9 Å². The van der Waals surface area contributed by atoms with Crippen LogP contribution >= 0.6 is 0 Å². The van der Waals surface area contributed by atoms with Crippen LogP contribution in [0.4, 0.5) is 0 Å². The molecule has 3 heteroatoms. The fourth-order valence-corrected chi connectivity index (χ4v) is 1.00. The molecule has 0 aliphatic heterocycles. The molecule has 0 heterocycles. The Hall–Kier alpha value is -0.670. The maximum atomic E-state index is 10.2. The summed E-state index contributed by atoms with van der Waals surface area (Å²) >= 11 is 0.470. The molecule has 0 unspecified atom stereocenters. The average Bonchev–Trinajstić information content (AvgIpc) is 2.05. The third-order valence-electron chi connectivity index (χ3n) is 1.32. The molecule has 1 N–H and O–H groups in total. The van der Waals surface area contributed by atoms with Crippen molar-refractivity contribution >= 4 is 16.1 Å². The molecule has 0 fully saturated rings. The molecule has 0 radical (unpaired) electrons. The zero-order chi connectivity index (χ0) is 7.40. The van der Waals surface area contributed by atoms with Gasteiger partial charge in [0.1, 0.15) is 0 Å². The third kappa shape index (κ3) is 1.65. The predicted octanol–water partition coefficient (Wildman–Crippen LogP) is 0.106. The molecule has 0 aromatic rings. The Morgan fingerprint density at radius 3 is 2.50 bits per heavy atom. The van der Waals surface area contributed by atoms with E-state index in [1.165, 1.54) is 0 Å². The second kappa shape index (κ2) is 3.49. The average molecular weight is 156 g/mol. The van der Waals surface area contributed by atoms with Crippen LogP contribution in [0, 0.1) is 5.92 Å². The second-order valence-electron chi connectivity index (χ2n) is 2.05. The quantitative estimate of drug-likeness (QED) is 0.547. The normalized spacial score (nSPS) is 23.3. The molecule has 0 saturated heterocycles. The van der Waals surface area contributed by atoms with Gasteiger partial charge in [-0.15, -0.1) is 0 Å². The fraction of sp³-hybridized carbons (Fsp3) is 0.286. The van der Waals surface area contributed by atoms with Crippen LogP contribution in [0.3, 0.4) is 0 Å². The molecule has 1 aliphatic rings. The van der Waals surface area contributed by atoms with E-state index in [1.54, 1.807) is 12.2 Å².